The maximum atomic E-state index is 12.1. The van der Waals surface area contributed by atoms with Crippen LogP contribution >= 0.6 is 0 Å². The molecule has 0 fully saturated rings. The Kier molecular flexibility index (Phi) is 4.03. The molecule has 0 amide bonds. The average Bonchev–Trinajstić information content (AvgIpc) is 2.47. The number of hydrogen-bond donors (Lipinski definition) is 1. The Morgan fingerprint density at radius 2 is 1.81 bits per heavy atom. The third-order valence-electron chi connectivity index (χ3n) is 2.87. The molecule has 0 bridgehead atoms. The number of ketones is 1. The van der Waals surface area contributed by atoms with Gasteiger partial charge < -0.3 is 5.11 Å². The number of nitro benzene ring substituents is 1. The van der Waals surface area contributed by atoms with Crippen molar-refractivity contribution in [2.75, 3.05) is 0 Å². The number of carbonyl (C=O) groups excluding carboxylic acids is 1. The van der Waals surface area contributed by atoms with Gasteiger partial charge in [-0.25, -0.2) is 4.79 Å². The maximum Gasteiger partial charge on any atom is 0.401 e. The fourth-order valence-electron chi connectivity index (χ4n) is 1.82. The standard InChI is InChI=1S/C14H10N2O5/c17-13(10-4-6-11(7-5-10)16(20)21)9-15-8-2-1-3-12(15)14(18)19/h1-8H,9H2/p+1. The number of carbonyl (C=O) groups is 2. The van der Waals surface area contributed by atoms with E-state index < -0.39 is 10.9 Å². The van der Waals surface area contributed by atoms with Crippen molar-refractivity contribution in [3.63, 3.8) is 0 Å². The van der Waals surface area contributed by atoms with Crippen LogP contribution in [0.25, 0.3) is 0 Å². The van der Waals surface area contributed by atoms with Crippen molar-refractivity contribution in [1.29, 1.82) is 0 Å². The van der Waals surface area contributed by atoms with E-state index in [0.717, 1.165) is 0 Å². The molecule has 0 radical (unpaired) electrons. The third kappa shape index (κ3) is 3.27. The van der Waals surface area contributed by atoms with Crippen LogP contribution in [-0.2, 0) is 6.54 Å². The molecule has 21 heavy (non-hydrogen) atoms. The first-order chi connectivity index (χ1) is 9.99. The van der Waals surface area contributed by atoms with Crippen LogP contribution in [0.4, 0.5) is 5.69 Å². The molecule has 2 rings (SSSR count). The number of aromatic carboxylic acids is 1. The van der Waals surface area contributed by atoms with Crippen LogP contribution in [-0.4, -0.2) is 21.8 Å². The van der Waals surface area contributed by atoms with Crippen LogP contribution < -0.4 is 4.57 Å². The second kappa shape index (κ2) is 5.91. The second-order valence-corrected chi connectivity index (χ2v) is 4.25. The first kappa shape index (κ1) is 14.3. The topological polar surface area (TPSA) is 101 Å². The minimum absolute atomic E-state index is 0.00670. The van der Waals surface area contributed by atoms with Crippen molar-refractivity contribution < 1.29 is 24.2 Å². The zero-order valence-electron chi connectivity index (χ0n) is 10.8. The Labute approximate surface area is 119 Å². The molecule has 0 atom stereocenters. The first-order valence-electron chi connectivity index (χ1n) is 5.98. The largest absolute Gasteiger partial charge is 0.473 e. The summed E-state index contributed by atoms with van der Waals surface area (Å²) in [6.45, 7) is -0.152. The van der Waals surface area contributed by atoms with Gasteiger partial charge in [0.1, 0.15) is 0 Å². The zero-order valence-corrected chi connectivity index (χ0v) is 10.8. The zero-order chi connectivity index (χ0) is 15.4. The van der Waals surface area contributed by atoms with E-state index in [1.807, 2.05) is 0 Å². The quantitative estimate of drug-likeness (QED) is 0.388. The van der Waals surface area contributed by atoms with E-state index in [1.54, 1.807) is 12.1 Å². The summed E-state index contributed by atoms with van der Waals surface area (Å²) < 4.78 is 1.31. The lowest BCUT2D eigenvalue weighted by Crippen LogP contribution is -2.43. The summed E-state index contributed by atoms with van der Waals surface area (Å²) in [5.41, 5.74) is 0.172. The molecule has 0 aliphatic rings. The van der Waals surface area contributed by atoms with Gasteiger partial charge in [-0.15, -0.1) is 0 Å². The number of carboxylic acids is 1. The molecule has 2 aromatic rings. The summed E-state index contributed by atoms with van der Waals surface area (Å²) in [4.78, 5) is 33.1. The average molecular weight is 287 g/mol. The number of Topliss-reactive ketones (excluding diaryl/α,β-unsaturated/α-hetero) is 1. The first-order valence-corrected chi connectivity index (χ1v) is 5.98. The van der Waals surface area contributed by atoms with Crippen molar-refractivity contribution >= 4 is 17.4 Å². The van der Waals surface area contributed by atoms with Crippen molar-refractivity contribution in [3.8, 4) is 0 Å². The van der Waals surface area contributed by atoms with Gasteiger partial charge in [-0.05, 0) is 18.2 Å². The van der Waals surface area contributed by atoms with Crippen molar-refractivity contribution in [2.24, 2.45) is 0 Å². The Morgan fingerprint density at radius 1 is 1.14 bits per heavy atom. The fourth-order valence-corrected chi connectivity index (χ4v) is 1.82. The molecule has 0 spiro atoms. The predicted molar refractivity (Wildman–Crippen MR) is 71.0 cm³/mol. The number of benzene rings is 1. The number of carboxylic acid groups (broad SMARTS) is 1. The lowest BCUT2D eigenvalue weighted by atomic mass is 10.1. The highest BCUT2D eigenvalue weighted by Gasteiger charge is 2.21. The van der Waals surface area contributed by atoms with Gasteiger partial charge in [-0.2, -0.15) is 4.57 Å². The molecule has 106 valence electrons. The minimum Gasteiger partial charge on any atom is -0.473 e. The van der Waals surface area contributed by atoms with Gasteiger partial charge in [0.2, 0.25) is 12.3 Å². The molecule has 0 saturated carbocycles. The van der Waals surface area contributed by atoms with E-state index in [-0.39, 0.29) is 29.3 Å². The van der Waals surface area contributed by atoms with Gasteiger partial charge in [-0.1, -0.05) is 0 Å². The number of aromatic nitrogens is 1. The number of nitro groups is 1. The summed E-state index contributed by atoms with van der Waals surface area (Å²) >= 11 is 0. The van der Waals surface area contributed by atoms with Crippen LogP contribution in [0, 0.1) is 10.1 Å². The molecule has 0 aliphatic carbocycles. The van der Waals surface area contributed by atoms with E-state index in [1.165, 1.54) is 41.1 Å². The molecule has 1 aromatic carbocycles. The molecule has 1 heterocycles. The molecular weight excluding hydrogens is 276 g/mol. The van der Waals surface area contributed by atoms with E-state index in [4.69, 9.17) is 5.11 Å². The van der Waals surface area contributed by atoms with Gasteiger partial charge in [0, 0.05) is 29.8 Å². The third-order valence-corrected chi connectivity index (χ3v) is 2.87. The number of rotatable bonds is 5. The maximum absolute atomic E-state index is 12.1. The SMILES string of the molecule is O=C(C[n+]1ccccc1C(=O)O)c1ccc([N+](=O)[O-])cc1. The van der Waals surface area contributed by atoms with Crippen LogP contribution in [0.3, 0.4) is 0 Å². The van der Waals surface area contributed by atoms with Crippen LogP contribution in [0.15, 0.2) is 48.7 Å². The Hall–Kier alpha value is -3.09. The van der Waals surface area contributed by atoms with Crippen LogP contribution in [0.2, 0.25) is 0 Å². The van der Waals surface area contributed by atoms with Gasteiger partial charge in [0.25, 0.3) is 11.4 Å². The minimum atomic E-state index is -1.13. The lowest BCUT2D eigenvalue weighted by Gasteiger charge is -2.00. The van der Waals surface area contributed by atoms with E-state index in [2.05, 4.69) is 0 Å². The molecule has 7 heteroatoms. The highest BCUT2D eigenvalue weighted by molar-refractivity contribution is 5.95. The fraction of sp³-hybridized carbons (Fsp3) is 0.0714. The summed E-state index contributed by atoms with van der Waals surface area (Å²) in [5, 5.41) is 19.6. The van der Waals surface area contributed by atoms with Crippen molar-refractivity contribution in [1.82, 2.24) is 0 Å². The normalized spacial score (nSPS) is 10.1. The molecule has 0 saturated heterocycles. The number of nitrogens with zero attached hydrogens (tertiary/aromatic N) is 2. The van der Waals surface area contributed by atoms with E-state index in [0.29, 0.717) is 0 Å². The summed E-state index contributed by atoms with van der Waals surface area (Å²) in [6.07, 6.45) is 1.49. The molecular formula is C14H11N2O5+. The van der Waals surface area contributed by atoms with Gasteiger partial charge in [0.15, 0.2) is 6.20 Å². The number of pyridine rings is 1. The molecule has 0 aliphatic heterocycles. The van der Waals surface area contributed by atoms with E-state index >= 15 is 0 Å². The van der Waals surface area contributed by atoms with Crippen LogP contribution in [0.5, 0.6) is 0 Å². The number of hydrogen-bond acceptors (Lipinski definition) is 4. The Bertz CT molecular complexity index is 710. The monoisotopic (exact) mass is 287 g/mol. The lowest BCUT2D eigenvalue weighted by molar-refractivity contribution is -0.685. The van der Waals surface area contributed by atoms with Gasteiger partial charge in [-0.3, -0.25) is 14.9 Å². The number of non-ortho nitro benzene ring substituents is 1. The molecule has 1 aromatic heterocycles. The molecule has 7 nitrogen and oxygen atoms in total. The van der Waals surface area contributed by atoms with Crippen LogP contribution in [0.1, 0.15) is 20.8 Å². The highest BCUT2D eigenvalue weighted by atomic mass is 16.6. The Balaban J connectivity index is 2.22. The van der Waals surface area contributed by atoms with Gasteiger partial charge in [0.05, 0.1) is 4.92 Å². The summed E-state index contributed by atoms with van der Waals surface area (Å²) in [6, 6.07) is 9.76. The van der Waals surface area contributed by atoms with Gasteiger partial charge >= 0.3 is 5.97 Å². The van der Waals surface area contributed by atoms with E-state index in [9.17, 15) is 19.7 Å². The Morgan fingerprint density at radius 3 is 2.38 bits per heavy atom. The second-order valence-electron chi connectivity index (χ2n) is 4.25. The highest BCUT2D eigenvalue weighted by Crippen LogP contribution is 2.12. The molecule has 1 N–H and O–H groups in total. The smallest absolute Gasteiger partial charge is 0.401 e. The predicted octanol–water partition coefficient (Wildman–Crippen LogP) is 1.46. The van der Waals surface area contributed by atoms with Crippen molar-refractivity contribution in [3.05, 3.63) is 70.0 Å². The summed E-state index contributed by atoms with van der Waals surface area (Å²) in [7, 11) is 0. The van der Waals surface area contributed by atoms with Crippen molar-refractivity contribution in [2.45, 2.75) is 6.54 Å². The molecule has 0 unspecified atom stereocenters. The summed E-state index contributed by atoms with van der Waals surface area (Å²) in [5.74, 6) is -1.46.